The van der Waals surface area contributed by atoms with Gasteiger partial charge in [0, 0.05) is 28.5 Å². The number of amides is 1. The van der Waals surface area contributed by atoms with Gasteiger partial charge in [-0.25, -0.2) is 0 Å². The van der Waals surface area contributed by atoms with Gasteiger partial charge in [0.1, 0.15) is 5.69 Å². The van der Waals surface area contributed by atoms with E-state index >= 15 is 0 Å². The SMILES string of the molecule is CCOC(=O)C1CCCN(C(=O)c2[nH]c3ccc(Br)cc3c2C)C1. The topological polar surface area (TPSA) is 62.4 Å². The minimum absolute atomic E-state index is 0.0474. The van der Waals surface area contributed by atoms with Gasteiger partial charge < -0.3 is 14.6 Å². The molecule has 1 aromatic carbocycles. The van der Waals surface area contributed by atoms with Crippen molar-refractivity contribution in [1.29, 1.82) is 0 Å². The van der Waals surface area contributed by atoms with Crippen LogP contribution in [0, 0.1) is 12.8 Å². The number of piperidine rings is 1. The number of nitrogens with zero attached hydrogens (tertiary/aromatic N) is 1. The number of aryl methyl sites for hydroxylation is 1. The summed E-state index contributed by atoms with van der Waals surface area (Å²) < 4.78 is 6.09. The maximum Gasteiger partial charge on any atom is 0.310 e. The summed E-state index contributed by atoms with van der Waals surface area (Å²) in [5.41, 5.74) is 2.49. The van der Waals surface area contributed by atoms with Crippen molar-refractivity contribution in [2.75, 3.05) is 19.7 Å². The number of H-pyrrole nitrogens is 1. The summed E-state index contributed by atoms with van der Waals surface area (Å²) in [7, 11) is 0. The van der Waals surface area contributed by atoms with Crippen LogP contribution in [0.1, 0.15) is 35.8 Å². The van der Waals surface area contributed by atoms with E-state index in [0.717, 1.165) is 33.8 Å². The van der Waals surface area contributed by atoms with E-state index in [4.69, 9.17) is 4.74 Å². The highest BCUT2D eigenvalue weighted by atomic mass is 79.9. The molecule has 0 radical (unpaired) electrons. The number of halogens is 1. The zero-order valence-corrected chi connectivity index (χ0v) is 15.5. The molecule has 2 aromatic rings. The first-order valence-electron chi connectivity index (χ1n) is 8.25. The fourth-order valence-corrected chi connectivity index (χ4v) is 3.65. The molecule has 1 saturated heterocycles. The summed E-state index contributed by atoms with van der Waals surface area (Å²) in [6.45, 7) is 5.23. The minimum atomic E-state index is -0.221. The average Bonchev–Trinajstić information content (AvgIpc) is 2.91. The number of benzene rings is 1. The number of carbonyl (C=O) groups excluding carboxylic acids is 2. The van der Waals surface area contributed by atoms with Crippen LogP contribution in [0.5, 0.6) is 0 Å². The third kappa shape index (κ3) is 3.20. The molecular formula is C18H21BrN2O3. The van der Waals surface area contributed by atoms with Crippen LogP contribution in [-0.2, 0) is 9.53 Å². The van der Waals surface area contributed by atoms with E-state index in [-0.39, 0.29) is 17.8 Å². The smallest absolute Gasteiger partial charge is 0.310 e. The molecule has 0 aliphatic carbocycles. The number of nitrogens with one attached hydrogen (secondary N) is 1. The molecule has 1 aliphatic rings. The van der Waals surface area contributed by atoms with E-state index in [2.05, 4.69) is 20.9 Å². The Balaban J connectivity index is 1.83. The molecule has 6 heteroatoms. The Morgan fingerprint density at radius 2 is 2.21 bits per heavy atom. The second kappa shape index (κ2) is 6.97. The average molecular weight is 393 g/mol. The van der Waals surface area contributed by atoms with E-state index < -0.39 is 0 Å². The normalized spacial score (nSPS) is 18.0. The number of ether oxygens (including phenoxy) is 1. The quantitative estimate of drug-likeness (QED) is 0.810. The van der Waals surface area contributed by atoms with Crippen LogP contribution in [0.15, 0.2) is 22.7 Å². The monoisotopic (exact) mass is 392 g/mol. The summed E-state index contributed by atoms with van der Waals surface area (Å²) in [5, 5.41) is 1.03. The van der Waals surface area contributed by atoms with Gasteiger partial charge >= 0.3 is 5.97 Å². The van der Waals surface area contributed by atoms with Crippen LogP contribution in [-0.4, -0.2) is 41.5 Å². The predicted molar refractivity (Wildman–Crippen MR) is 96.0 cm³/mol. The summed E-state index contributed by atoms with van der Waals surface area (Å²) in [4.78, 5) is 29.9. The number of likely N-dealkylation sites (tertiary alicyclic amines) is 1. The third-order valence-electron chi connectivity index (χ3n) is 4.56. The number of fused-ring (bicyclic) bond motifs is 1. The second-order valence-corrected chi connectivity index (χ2v) is 7.07. The Labute approximate surface area is 149 Å². The van der Waals surface area contributed by atoms with Crippen molar-refractivity contribution in [2.24, 2.45) is 5.92 Å². The first-order valence-corrected chi connectivity index (χ1v) is 9.04. The van der Waals surface area contributed by atoms with E-state index in [1.807, 2.05) is 25.1 Å². The van der Waals surface area contributed by atoms with Gasteiger partial charge in [0.15, 0.2) is 0 Å². The zero-order chi connectivity index (χ0) is 17.3. The van der Waals surface area contributed by atoms with Crippen molar-refractivity contribution in [3.8, 4) is 0 Å². The van der Waals surface area contributed by atoms with Gasteiger partial charge in [-0.3, -0.25) is 9.59 Å². The highest BCUT2D eigenvalue weighted by Crippen LogP contribution is 2.27. The number of hydrogen-bond acceptors (Lipinski definition) is 3. The van der Waals surface area contributed by atoms with Crippen LogP contribution < -0.4 is 0 Å². The van der Waals surface area contributed by atoms with E-state index in [9.17, 15) is 9.59 Å². The largest absolute Gasteiger partial charge is 0.466 e. The van der Waals surface area contributed by atoms with Crippen molar-refractivity contribution in [2.45, 2.75) is 26.7 Å². The number of aromatic amines is 1. The minimum Gasteiger partial charge on any atom is -0.466 e. The second-order valence-electron chi connectivity index (χ2n) is 6.16. The van der Waals surface area contributed by atoms with Crippen LogP contribution in [0.25, 0.3) is 10.9 Å². The van der Waals surface area contributed by atoms with Crippen LogP contribution in [0.4, 0.5) is 0 Å². The van der Waals surface area contributed by atoms with Crippen molar-refractivity contribution in [3.05, 3.63) is 33.9 Å². The lowest BCUT2D eigenvalue weighted by molar-refractivity contribution is -0.149. The molecule has 1 aromatic heterocycles. The standard InChI is InChI=1S/C18H21BrN2O3/c1-3-24-18(23)12-5-4-8-21(10-12)17(22)16-11(2)14-9-13(19)6-7-15(14)20-16/h6-7,9,12,20H,3-5,8,10H2,1-2H3. The maximum absolute atomic E-state index is 12.9. The Morgan fingerprint density at radius 1 is 1.42 bits per heavy atom. The molecule has 128 valence electrons. The number of rotatable bonds is 3. The molecule has 1 amide bonds. The predicted octanol–water partition coefficient (Wildman–Crippen LogP) is 3.65. The molecule has 1 N–H and O–H groups in total. The van der Waals surface area contributed by atoms with Gasteiger partial charge in [0.2, 0.25) is 0 Å². The fraction of sp³-hybridized carbons (Fsp3) is 0.444. The van der Waals surface area contributed by atoms with Crippen molar-refractivity contribution in [1.82, 2.24) is 9.88 Å². The molecular weight excluding hydrogens is 372 g/mol. The highest BCUT2D eigenvalue weighted by molar-refractivity contribution is 9.10. The van der Waals surface area contributed by atoms with E-state index in [0.29, 0.717) is 25.4 Å². The molecule has 24 heavy (non-hydrogen) atoms. The molecule has 1 atom stereocenters. The number of carbonyl (C=O) groups is 2. The van der Waals surface area contributed by atoms with Gasteiger partial charge in [-0.2, -0.15) is 0 Å². The molecule has 1 unspecified atom stereocenters. The van der Waals surface area contributed by atoms with Crippen molar-refractivity contribution < 1.29 is 14.3 Å². The Bertz CT molecular complexity index is 784. The fourth-order valence-electron chi connectivity index (χ4n) is 3.28. The van der Waals surface area contributed by atoms with Crippen LogP contribution in [0.2, 0.25) is 0 Å². The molecule has 5 nitrogen and oxygen atoms in total. The Hall–Kier alpha value is -1.82. The van der Waals surface area contributed by atoms with Gasteiger partial charge in [-0.05, 0) is 50.5 Å². The summed E-state index contributed by atoms with van der Waals surface area (Å²) in [6, 6.07) is 5.92. The van der Waals surface area contributed by atoms with Crippen molar-refractivity contribution >= 4 is 38.7 Å². The molecule has 0 spiro atoms. The van der Waals surface area contributed by atoms with Crippen LogP contribution >= 0.6 is 15.9 Å². The van der Waals surface area contributed by atoms with Crippen LogP contribution in [0.3, 0.4) is 0 Å². The first-order chi connectivity index (χ1) is 11.5. The van der Waals surface area contributed by atoms with Crippen molar-refractivity contribution in [3.63, 3.8) is 0 Å². The molecule has 0 bridgehead atoms. The zero-order valence-electron chi connectivity index (χ0n) is 13.9. The molecule has 3 rings (SSSR count). The summed E-state index contributed by atoms with van der Waals surface area (Å²) in [6.07, 6.45) is 1.60. The van der Waals surface area contributed by atoms with Gasteiger partial charge in [0.25, 0.3) is 5.91 Å². The third-order valence-corrected chi connectivity index (χ3v) is 5.06. The van der Waals surface area contributed by atoms with Gasteiger partial charge in [0.05, 0.1) is 12.5 Å². The summed E-state index contributed by atoms with van der Waals surface area (Å²) >= 11 is 3.47. The maximum atomic E-state index is 12.9. The lowest BCUT2D eigenvalue weighted by atomic mass is 9.97. The number of esters is 1. The summed E-state index contributed by atoms with van der Waals surface area (Å²) in [5.74, 6) is -0.470. The van der Waals surface area contributed by atoms with E-state index in [1.54, 1.807) is 11.8 Å². The van der Waals surface area contributed by atoms with Gasteiger partial charge in [-0.1, -0.05) is 15.9 Å². The van der Waals surface area contributed by atoms with E-state index in [1.165, 1.54) is 0 Å². The lowest BCUT2D eigenvalue weighted by Gasteiger charge is -2.31. The Kier molecular flexibility index (Phi) is 4.94. The molecule has 1 fully saturated rings. The Morgan fingerprint density at radius 3 is 2.96 bits per heavy atom. The number of aromatic nitrogens is 1. The molecule has 1 aliphatic heterocycles. The number of hydrogen-bond donors (Lipinski definition) is 1. The molecule has 0 saturated carbocycles. The highest BCUT2D eigenvalue weighted by Gasteiger charge is 2.31. The first kappa shape index (κ1) is 17.0. The molecule has 2 heterocycles. The lowest BCUT2D eigenvalue weighted by Crippen LogP contribution is -2.43. The van der Waals surface area contributed by atoms with Gasteiger partial charge in [-0.15, -0.1) is 0 Å².